The summed E-state index contributed by atoms with van der Waals surface area (Å²) in [6, 6.07) is 13.1. The van der Waals surface area contributed by atoms with Crippen molar-refractivity contribution in [3.05, 3.63) is 77.2 Å². The van der Waals surface area contributed by atoms with Crippen molar-refractivity contribution < 1.29 is 19.8 Å². The van der Waals surface area contributed by atoms with Crippen molar-refractivity contribution in [3.8, 4) is 5.75 Å². The maximum absolute atomic E-state index is 12.7. The first kappa shape index (κ1) is 20.7. The molecule has 7 heteroatoms. The molecular weight excluding hydrogens is 388 g/mol. The number of carbonyl (C=O) groups is 2. The molecule has 6 nitrogen and oxygen atoms in total. The number of phenolic OH excluding ortho intramolecular Hbond substituents is 1. The zero-order chi connectivity index (χ0) is 20.8. The Kier molecular flexibility index (Phi) is 6.72. The lowest BCUT2D eigenvalue weighted by Crippen LogP contribution is -2.08. The number of aromatic nitrogens is 2. The highest BCUT2D eigenvalue weighted by atomic mass is 32.2. The number of thioether (sulfide) groups is 1. The zero-order valence-electron chi connectivity index (χ0n) is 16.0. The van der Waals surface area contributed by atoms with E-state index in [9.17, 15) is 14.7 Å². The van der Waals surface area contributed by atoms with E-state index in [4.69, 9.17) is 5.11 Å². The number of carboxylic acid groups (broad SMARTS) is 1. The van der Waals surface area contributed by atoms with Crippen LogP contribution in [0.15, 0.2) is 59.8 Å². The van der Waals surface area contributed by atoms with Crippen LogP contribution in [-0.4, -0.2) is 30.8 Å². The molecule has 0 aliphatic heterocycles. The van der Waals surface area contributed by atoms with Crippen molar-refractivity contribution in [1.82, 2.24) is 9.55 Å². The number of aromatic carboxylic acids is 1. The molecule has 0 fully saturated rings. The summed E-state index contributed by atoms with van der Waals surface area (Å²) in [5, 5.41) is 19.5. The average Bonchev–Trinajstić information content (AvgIpc) is 3.08. The van der Waals surface area contributed by atoms with Crippen LogP contribution < -0.4 is 0 Å². The van der Waals surface area contributed by atoms with Gasteiger partial charge in [0, 0.05) is 13.0 Å². The molecule has 0 bridgehead atoms. The van der Waals surface area contributed by atoms with E-state index in [0.29, 0.717) is 11.6 Å². The van der Waals surface area contributed by atoms with Crippen LogP contribution in [0, 0.1) is 0 Å². The van der Waals surface area contributed by atoms with Gasteiger partial charge in [0.15, 0.2) is 0 Å². The van der Waals surface area contributed by atoms with E-state index in [1.165, 1.54) is 6.07 Å². The minimum atomic E-state index is -0.965. The van der Waals surface area contributed by atoms with E-state index in [1.807, 2.05) is 4.57 Å². The van der Waals surface area contributed by atoms with Crippen LogP contribution >= 0.6 is 11.8 Å². The monoisotopic (exact) mass is 410 g/mol. The van der Waals surface area contributed by atoms with Crippen molar-refractivity contribution in [2.24, 2.45) is 0 Å². The number of hydrogen-bond acceptors (Lipinski definition) is 5. The molecule has 0 amide bonds. The second-order valence-electron chi connectivity index (χ2n) is 6.61. The van der Waals surface area contributed by atoms with Gasteiger partial charge in [0.1, 0.15) is 16.6 Å². The maximum Gasteiger partial charge on any atom is 0.335 e. The van der Waals surface area contributed by atoms with E-state index in [1.54, 1.807) is 48.7 Å². The van der Waals surface area contributed by atoms with Gasteiger partial charge in [-0.1, -0.05) is 37.6 Å². The second-order valence-corrected chi connectivity index (χ2v) is 7.60. The van der Waals surface area contributed by atoms with Crippen LogP contribution in [0.25, 0.3) is 0 Å². The molecule has 0 aliphatic carbocycles. The van der Waals surface area contributed by atoms with Crippen LogP contribution in [-0.2, 0) is 13.0 Å². The largest absolute Gasteiger partial charge is 0.507 e. The Morgan fingerprint density at radius 1 is 1.10 bits per heavy atom. The van der Waals surface area contributed by atoms with Gasteiger partial charge < -0.3 is 14.8 Å². The van der Waals surface area contributed by atoms with Crippen LogP contribution in [0.2, 0.25) is 0 Å². The van der Waals surface area contributed by atoms with Gasteiger partial charge >= 0.3 is 5.97 Å². The molecule has 0 saturated carbocycles. The van der Waals surface area contributed by atoms with E-state index in [0.717, 1.165) is 42.4 Å². The molecule has 0 aliphatic rings. The van der Waals surface area contributed by atoms with E-state index < -0.39 is 5.97 Å². The fourth-order valence-electron chi connectivity index (χ4n) is 2.91. The summed E-state index contributed by atoms with van der Waals surface area (Å²) in [6.07, 6.45) is 4.47. The summed E-state index contributed by atoms with van der Waals surface area (Å²) >= 11 is 1.03. The first-order valence-corrected chi connectivity index (χ1v) is 10.2. The third-order valence-corrected chi connectivity index (χ3v) is 5.46. The highest BCUT2D eigenvalue weighted by molar-refractivity contribution is 8.14. The Labute approximate surface area is 173 Å². The molecule has 0 saturated heterocycles. The molecule has 29 heavy (non-hydrogen) atoms. The molecule has 1 heterocycles. The van der Waals surface area contributed by atoms with Gasteiger partial charge in [0.25, 0.3) is 0 Å². The van der Waals surface area contributed by atoms with Gasteiger partial charge in [-0.05, 0) is 48.0 Å². The first-order valence-electron chi connectivity index (χ1n) is 9.36. The SMILES string of the molecule is CCCCc1ncc(SC(=O)c2ccccc2O)n1Cc1ccc(C(=O)O)cc1. The average molecular weight is 410 g/mol. The van der Waals surface area contributed by atoms with E-state index in [2.05, 4.69) is 11.9 Å². The number of rotatable bonds is 8. The third-order valence-electron chi connectivity index (χ3n) is 4.52. The Morgan fingerprint density at radius 2 is 1.83 bits per heavy atom. The van der Waals surface area contributed by atoms with Crippen molar-refractivity contribution in [2.75, 3.05) is 0 Å². The molecule has 2 aromatic carbocycles. The lowest BCUT2D eigenvalue weighted by atomic mass is 10.1. The number of imidazole rings is 1. The topological polar surface area (TPSA) is 92.4 Å². The number of aromatic hydroxyl groups is 1. The van der Waals surface area contributed by atoms with Gasteiger partial charge in [-0.2, -0.15) is 0 Å². The van der Waals surface area contributed by atoms with Gasteiger partial charge in [-0.25, -0.2) is 9.78 Å². The number of aryl methyl sites for hydroxylation is 1. The van der Waals surface area contributed by atoms with Gasteiger partial charge in [0.2, 0.25) is 5.12 Å². The summed E-state index contributed by atoms with van der Waals surface area (Å²) < 4.78 is 1.98. The molecule has 0 unspecified atom stereocenters. The third kappa shape index (κ3) is 5.06. The predicted octanol–water partition coefficient (Wildman–Crippen LogP) is 4.61. The Bertz CT molecular complexity index is 1010. The quantitative estimate of drug-likeness (QED) is 0.527. The van der Waals surface area contributed by atoms with Crippen molar-refractivity contribution in [2.45, 2.75) is 37.8 Å². The minimum absolute atomic E-state index is 0.0495. The number of nitrogens with zero attached hydrogens (tertiary/aromatic N) is 2. The van der Waals surface area contributed by atoms with Gasteiger partial charge in [0.05, 0.1) is 17.3 Å². The molecular formula is C22H22N2O4S. The first-order chi connectivity index (χ1) is 14.0. The predicted molar refractivity (Wildman–Crippen MR) is 112 cm³/mol. The number of phenols is 1. The summed E-state index contributed by atoms with van der Waals surface area (Å²) in [5.41, 5.74) is 1.41. The normalized spacial score (nSPS) is 10.8. The van der Waals surface area contributed by atoms with Crippen LogP contribution in [0.3, 0.4) is 0 Å². The summed E-state index contributed by atoms with van der Waals surface area (Å²) in [5.74, 6) is -0.138. The number of para-hydroxylation sites is 1. The van der Waals surface area contributed by atoms with Crippen molar-refractivity contribution >= 4 is 22.8 Å². The molecule has 0 spiro atoms. The molecule has 0 atom stereocenters. The van der Waals surface area contributed by atoms with Crippen LogP contribution in [0.1, 0.15) is 51.9 Å². The van der Waals surface area contributed by atoms with Crippen LogP contribution in [0.4, 0.5) is 0 Å². The van der Waals surface area contributed by atoms with Crippen LogP contribution in [0.5, 0.6) is 5.75 Å². The maximum atomic E-state index is 12.7. The fourth-order valence-corrected chi connectivity index (χ4v) is 3.77. The minimum Gasteiger partial charge on any atom is -0.507 e. The van der Waals surface area contributed by atoms with Crippen molar-refractivity contribution in [3.63, 3.8) is 0 Å². The number of carbonyl (C=O) groups excluding carboxylic acids is 1. The Hall–Kier alpha value is -3.06. The number of hydrogen-bond donors (Lipinski definition) is 2. The van der Waals surface area contributed by atoms with Crippen molar-refractivity contribution in [1.29, 1.82) is 0 Å². The lowest BCUT2D eigenvalue weighted by molar-refractivity contribution is 0.0696. The zero-order valence-corrected chi connectivity index (χ0v) is 16.9. The smallest absolute Gasteiger partial charge is 0.335 e. The summed E-state index contributed by atoms with van der Waals surface area (Å²) in [4.78, 5) is 28.2. The standard InChI is InChI=1S/C22H22N2O4S/c1-2-3-8-19-23-13-20(29-22(28)17-6-4-5-7-18(17)25)24(19)14-15-9-11-16(12-10-15)21(26)27/h4-7,9-13,25H,2-3,8,14H2,1H3,(H,26,27). The number of unbranched alkanes of at least 4 members (excludes halogenated alkanes) is 1. The number of benzene rings is 2. The van der Waals surface area contributed by atoms with E-state index >= 15 is 0 Å². The van der Waals surface area contributed by atoms with Gasteiger partial charge in [-0.15, -0.1) is 0 Å². The molecule has 2 N–H and O–H groups in total. The van der Waals surface area contributed by atoms with Gasteiger partial charge in [-0.3, -0.25) is 4.79 Å². The number of carboxylic acids is 1. The molecule has 0 radical (unpaired) electrons. The fraction of sp³-hybridized carbons (Fsp3) is 0.227. The molecule has 150 valence electrons. The second kappa shape index (κ2) is 9.43. The van der Waals surface area contributed by atoms with E-state index in [-0.39, 0.29) is 22.0 Å². The Morgan fingerprint density at radius 3 is 2.48 bits per heavy atom. The highest BCUT2D eigenvalue weighted by Gasteiger charge is 2.18. The molecule has 3 aromatic rings. The molecule has 3 rings (SSSR count). The highest BCUT2D eigenvalue weighted by Crippen LogP contribution is 2.29. The summed E-state index contributed by atoms with van der Waals surface area (Å²) in [7, 11) is 0. The lowest BCUT2D eigenvalue weighted by Gasteiger charge is -2.12. The Balaban J connectivity index is 1.87. The molecule has 1 aromatic heterocycles. The summed E-state index contributed by atoms with van der Waals surface area (Å²) in [6.45, 7) is 2.59.